The Morgan fingerprint density at radius 2 is 1.10 bits per heavy atom. The van der Waals surface area contributed by atoms with Crippen LogP contribution in [-0.4, -0.2) is 45.5 Å². The van der Waals surface area contributed by atoms with E-state index in [2.05, 4.69) is 20.0 Å². The summed E-state index contributed by atoms with van der Waals surface area (Å²) in [6.07, 6.45) is 5.83. The fourth-order valence-corrected chi connectivity index (χ4v) is 3.36. The van der Waals surface area contributed by atoms with Crippen LogP contribution in [0.15, 0.2) is 58.5 Å². The average molecular weight is 565 g/mol. The van der Waals surface area contributed by atoms with Crippen LogP contribution in [0.25, 0.3) is 33.8 Å². The normalized spacial score (nSPS) is 13.8. The zero-order valence-corrected chi connectivity index (χ0v) is 17.9. The molecule has 4 bridgehead atoms. The predicted octanol–water partition coefficient (Wildman–Crippen LogP) is 4.25. The Bertz CT molecular complexity index is 1090. The summed E-state index contributed by atoms with van der Waals surface area (Å²) in [6.45, 7) is 1.61. The van der Waals surface area contributed by atoms with E-state index in [-0.39, 0.29) is 22.4 Å². The zero-order valence-electron chi connectivity index (χ0n) is 15.7. The van der Waals surface area contributed by atoms with Crippen molar-refractivity contribution < 1.29 is 22.4 Å². The van der Waals surface area contributed by atoms with Crippen molar-refractivity contribution in [1.29, 1.82) is 0 Å². The molecule has 1 aliphatic heterocycles. The fraction of sp³-hybridized carbons (Fsp3) is 0.182. The molecule has 0 amide bonds. The molecule has 4 heterocycles. The number of benzene rings is 1. The van der Waals surface area contributed by atoms with Crippen molar-refractivity contribution in [2.75, 3.05) is 13.1 Å². The molecule has 1 aromatic carbocycles. The van der Waals surface area contributed by atoms with Gasteiger partial charge in [0, 0.05) is 25.5 Å². The SMILES string of the molecule is C1=NCCCCN=Cc2ccc([nH]2)-c2nc3ccccc3nc2-c2ccc1[nH]2.[Au+3]. The number of hydrogen-bond donors (Lipinski definition) is 2. The quantitative estimate of drug-likeness (QED) is 0.313. The monoisotopic (exact) mass is 565 g/mol. The van der Waals surface area contributed by atoms with Gasteiger partial charge in [0.05, 0.1) is 33.8 Å². The second-order valence-corrected chi connectivity index (χ2v) is 6.84. The summed E-state index contributed by atoms with van der Waals surface area (Å²) in [6, 6.07) is 16.1. The molecule has 0 radical (unpaired) electrons. The smallest absolute Gasteiger partial charge is 0.352 e. The molecule has 29 heavy (non-hydrogen) atoms. The number of aromatic nitrogens is 4. The van der Waals surface area contributed by atoms with Crippen molar-refractivity contribution >= 4 is 23.5 Å². The molecule has 5 rings (SSSR count). The van der Waals surface area contributed by atoms with Gasteiger partial charge < -0.3 is 9.97 Å². The number of para-hydroxylation sites is 2. The van der Waals surface area contributed by atoms with Gasteiger partial charge >= 0.3 is 22.4 Å². The van der Waals surface area contributed by atoms with E-state index in [1.807, 2.05) is 61.0 Å². The van der Waals surface area contributed by atoms with Crippen LogP contribution in [0, 0.1) is 0 Å². The van der Waals surface area contributed by atoms with Crippen LogP contribution < -0.4 is 0 Å². The molecule has 146 valence electrons. The van der Waals surface area contributed by atoms with E-state index in [4.69, 9.17) is 9.97 Å². The van der Waals surface area contributed by atoms with Crippen LogP contribution in [0.2, 0.25) is 0 Å². The van der Waals surface area contributed by atoms with Crippen molar-refractivity contribution in [3.8, 4) is 22.8 Å². The molecule has 2 N–H and O–H groups in total. The molecule has 0 unspecified atom stereocenters. The predicted molar refractivity (Wildman–Crippen MR) is 113 cm³/mol. The Balaban J connectivity index is 0.00000205. The van der Waals surface area contributed by atoms with E-state index < -0.39 is 0 Å². The van der Waals surface area contributed by atoms with E-state index in [0.717, 1.165) is 71.1 Å². The second-order valence-electron chi connectivity index (χ2n) is 6.84. The number of H-pyrrole nitrogens is 2. The van der Waals surface area contributed by atoms with Crippen LogP contribution in [-0.2, 0) is 22.4 Å². The van der Waals surface area contributed by atoms with Crippen molar-refractivity contribution in [3.05, 3.63) is 59.9 Å². The van der Waals surface area contributed by atoms with Crippen LogP contribution in [0.5, 0.6) is 0 Å². The second kappa shape index (κ2) is 8.69. The zero-order chi connectivity index (χ0) is 18.8. The first-order chi connectivity index (χ1) is 13.9. The third-order valence-electron chi connectivity index (χ3n) is 4.78. The summed E-state index contributed by atoms with van der Waals surface area (Å²) in [5, 5.41) is 0. The number of nitrogens with zero attached hydrogens (tertiary/aromatic N) is 4. The summed E-state index contributed by atoms with van der Waals surface area (Å²) >= 11 is 0. The van der Waals surface area contributed by atoms with Gasteiger partial charge in [0.1, 0.15) is 11.4 Å². The number of aromatic amines is 2. The summed E-state index contributed by atoms with van der Waals surface area (Å²) in [5.74, 6) is 0. The number of nitrogens with one attached hydrogen (secondary N) is 2. The molecule has 6 nitrogen and oxygen atoms in total. The minimum Gasteiger partial charge on any atom is -0.352 e. The number of aliphatic imine (C=N–C) groups is 2. The van der Waals surface area contributed by atoms with E-state index in [1.165, 1.54) is 0 Å². The molecule has 0 aliphatic carbocycles. The molecule has 4 aromatic rings. The van der Waals surface area contributed by atoms with E-state index in [1.54, 1.807) is 0 Å². The topological polar surface area (TPSA) is 82.1 Å². The molecule has 7 heteroatoms. The van der Waals surface area contributed by atoms with E-state index in [0.29, 0.717) is 0 Å². The van der Waals surface area contributed by atoms with Gasteiger partial charge in [-0.2, -0.15) is 0 Å². The van der Waals surface area contributed by atoms with E-state index >= 15 is 0 Å². The summed E-state index contributed by atoms with van der Waals surface area (Å²) in [5.41, 5.74) is 7.15. The average Bonchev–Trinajstić information content (AvgIpc) is 3.38. The van der Waals surface area contributed by atoms with Gasteiger partial charge in [-0.1, -0.05) is 12.1 Å². The van der Waals surface area contributed by atoms with Crippen LogP contribution in [0.4, 0.5) is 0 Å². The maximum Gasteiger partial charge on any atom is 3.00 e. The van der Waals surface area contributed by atoms with Gasteiger partial charge in [0.2, 0.25) is 0 Å². The summed E-state index contributed by atoms with van der Waals surface area (Å²) in [4.78, 5) is 25.7. The Hall–Kier alpha value is -2.80. The molecule has 3 aromatic heterocycles. The Morgan fingerprint density at radius 1 is 0.621 bits per heavy atom. The number of rotatable bonds is 0. The molecular formula is C22H20AuN6+3. The fourth-order valence-electron chi connectivity index (χ4n) is 3.36. The molecule has 0 saturated carbocycles. The molecule has 1 aliphatic rings. The third kappa shape index (κ3) is 4.15. The van der Waals surface area contributed by atoms with Gasteiger partial charge in [-0.3, -0.25) is 9.98 Å². The molecule has 0 fully saturated rings. The number of fused-ring (bicyclic) bond motifs is 8. The van der Waals surface area contributed by atoms with Gasteiger partial charge in [-0.05, 0) is 49.2 Å². The van der Waals surface area contributed by atoms with Crippen molar-refractivity contribution in [2.24, 2.45) is 9.98 Å². The summed E-state index contributed by atoms with van der Waals surface area (Å²) in [7, 11) is 0. The molecule has 0 saturated heterocycles. The van der Waals surface area contributed by atoms with Crippen molar-refractivity contribution in [2.45, 2.75) is 12.8 Å². The minimum atomic E-state index is 0. The maximum absolute atomic E-state index is 4.91. The maximum atomic E-state index is 4.91. The Kier molecular flexibility index (Phi) is 5.85. The van der Waals surface area contributed by atoms with Gasteiger partial charge in [0.25, 0.3) is 0 Å². The van der Waals surface area contributed by atoms with Crippen LogP contribution >= 0.6 is 0 Å². The summed E-state index contributed by atoms with van der Waals surface area (Å²) < 4.78 is 0. The van der Waals surface area contributed by atoms with Crippen LogP contribution in [0.3, 0.4) is 0 Å². The Morgan fingerprint density at radius 3 is 1.59 bits per heavy atom. The van der Waals surface area contributed by atoms with Crippen molar-refractivity contribution in [1.82, 2.24) is 19.9 Å². The third-order valence-corrected chi connectivity index (χ3v) is 4.78. The number of hydrogen-bond acceptors (Lipinski definition) is 4. The first kappa shape index (κ1) is 19.5. The molecular weight excluding hydrogens is 545 g/mol. The first-order valence-corrected chi connectivity index (χ1v) is 9.52. The first-order valence-electron chi connectivity index (χ1n) is 9.52. The van der Waals surface area contributed by atoms with Gasteiger partial charge in [-0.15, -0.1) is 0 Å². The minimum absolute atomic E-state index is 0. The Labute approximate surface area is 184 Å². The largest absolute Gasteiger partial charge is 3.00 e. The van der Waals surface area contributed by atoms with Gasteiger partial charge in [-0.25, -0.2) is 9.97 Å². The molecule has 0 atom stereocenters. The van der Waals surface area contributed by atoms with Crippen LogP contribution in [0.1, 0.15) is 24.2 Å². The molecule has 0 spiro atoms. The standard InChI is InChI=1S/C22H20N6.Au/c1-2-6-18-17(5-1)27-21-19-9-7-15(25-19)13-23-11-3-4-12-24-14-16-8-10-20(26-16)22(21)28-18;/h1-2,5-10,13-14,25-26H,3-4,11-12H2;/q;+3. The van der Waals surface area contributed by atoms with E-state index in [9.17, 15) is 0 Å². The van der Waals surface area contributed by atoms with Gasteiger partial charge in [0.15, 0.2) is 0 Å². The van der Waals surface area contributed by atoms with Crippen molar-refractivity contribution in [3.63, 3.8) is 0 Å².